The zero-order chi connectivity index (χ0) is 12.2. The molecule has 0 saturated carbocycles. The van der Waals surface area contributed by atoms with Crippen LogP contribution in [0.3, 0.4) is 0 Å². The van der Waals surface area contributed by atoms with E-state index in [-0.39, 0.29) is 11.5 Å². The standard InChI is InChI=1S/C13H24N2O/c1-5-15(9-11-7-6-8-16-11)10-12(14)13(2,3)4/h6-8,12H,5,9-10,14H2,1-4H3. The summed E-state index contributed by atoms with van der Waals surface area (Å²) >= 11 is 0. The van der Waals surface area contributed by atoms with Gasteiger partial charge in [0.2, 0.25) is 0 Å². The molecule has 0 amide bonds. The van der Waals surface area contributed by atoms with Crippen LogP contribution in [-0.4, -0.2) is 24.0 Å². The first-order valence-corrected chi connectivity index (χ1v) is 5.93. The summed E-state index contributed by atoms with van der Waals surface area (Å²) in [5.41, 5.74) is 6.33. The van der Waals surface area contributed by atoms with Crippen LogP contribution in [-0.2, 0) is 6.54 Å². The van der Waals surface area contributed by atoms with Crippen LogP contribution < -0.4 is 5.73 Å². The zero-order valence-corrected chi connectivity index (χ0v) is 10.9. The van der Waals surface area contributed by atoms with E-state index in [1.54, 1.807) is 6.26 Å². The van der Waals surface area contributed by atoms with E-state index in [2.05, 4.69) is 32.6 Å². The van der Waals surface area contributed by atoms with E-state index in [1.807, 2.05) is 12.1 Å². The van der Waals surface area contributed by atoms with E-state index in [0.29, 0.717) is 0 Å². The molecule has 0 aliphatic heterocycles. The Hall–Kier alpha value is -0.800. The lowest BCUT2D eigenvalue weighted by Crippen LogP contribution is -2.45. The van der Waals surface area contributed by atoms with Gasteiger partial charge in [0.15, 0.2) is 0 Å². The molecule has 0 bridgehead atoms. The maximum absolute atomic E-state index is 6.18. The third-order valence-corrected chi connectivity index (χ3v) is 2.97. The lowest BCUT2D eigenvalue weighted by molar-refractivity contribution is 0.189. The number of nitrogens with two attached hydrogens (primary N) is 1. The Morgan fingerprint density at radius 2 is 2.12 bits per heavy atom. The van der Waals surface area contributed by atoms with Gasteiger partial charge in [0, 0.05) is 12.6 Å². The van der Waals surface area contributed by atoms with Gasteiger partial charge in [-0.05, 0) is 24.1 Å². The smallest absolute Gasteiger partial charge is 0.117 e. The molecule has 1 aromatic rings. The Bertz CT molecular complexity index is 287. The Kier molecular flexibility index (Phi) is 4.56. The molecular weight excluding hydrogens is 200 g/mol. The lowest BCUT2D eigenvalue weighted by Gasteiger charge is -2.31. The van der Waals surface area contributed by atoms with Crippen molar-refractivity contribution < 1.29 is 4.42 Å². The second-order valence-electron chi connectivity index (χ2n) is 5.38. The van der Waals surface area contributed by atoms with E-state index >= 15 is 0 Å². The van der Waals surface area contributed by atoms with Crippen LogP contribution in [0, 0.1) is 5.41 Å². The zero-order valence-electron chi connectivity index (χ0n) is 10.9. The summed E-state index contributed by atoms with van der Waals surface area (Å²) in [7, 11) is 0. The van der Waals surface area contributed by atoms with Gasteiger partial charge in [-0.1, -0.05) is 27.7 Å². The van der Waals surface area contributed by atoms with Crippen molar-refractivity contribution in [3.05, 3.63) is 24.2 Å². The van der Waals surface area contributed by atoms with Crippen LogP contribution in [0.1, 0.15) is 33.5 Å². The minimum absolute atomic E-state index is 0.149. The van der Waals surface area contributed by atoms with E-state index in [4.69, 9.17) is 10.2 Å². The molecule has 16 heavy (non-hydrogen) atoms. The van der Waals surface area contributed by atoms with Gasteiger partial charge in [0.25, 0.3) is 0 Å². The molecule has 3 nitrogen and oxygen atoms in total. The summed E-state index contributed by atoms with van der Waals surface area (Å²) < 4.78 is 5.35. The second kappa shape index (κ2) is 5.51. The molecule has 0 aliphatic carbocycles. The van der Waals surface area contributed by atoms with Crippen molar-refractivity contribution in [2.24, 2.45) is 11.1 Å². The molecule has 0 aliphatic rings. The molecule has 1 unspecified atom stereocenters. The molecule has 0 radical (unpaired) electrons. The molecule has 2 N–H and O–H groups in total. The molecule has 0 aromatic carbocycles. The second-order valence-corrected chi connectivity index (χ2v) is 5.38. The minimum atomic E-state index is 0.149. The van der Waals surface area contributed by atoms with Crippen LogP contribution in [0.4, 0.5) is 0 Å². The molecular formula is C13H24N2O. The van der Waals surface area contributed by atoms with Crippen LogP contribution in [0.2, 0.25) is 0 Å². The van der Waals surface area contributed by atoms with Gasteiger partial charge in [-0.2, -0.15) is 0 Å². The first-order chi connectivity index (χ1) is 7.43. The van der Waals surface area contributed by atoms with Crippen molar-refractivity contribution in [2.45, 2.75) is 40.3 Å². The Balaban J connectivity index is 2.49. The summed E-state index contributed by atoms with van der Waals surface area (Å²) in [6, 6.07) is 4.11. The topological polar surface area (TPSA) is 42.4 Å². The van der Waals surface area contributed by atoms with Crippen molar-refractivity contribution in [1.29, 1.82) is 0 Å². The molecule has 92 valence electrons. The molecule has 3 heteroatoms. The van der Waals surface area contributed by atoms with Gasteiger partial charge in [0.05, 0.1) is 12.8 Å². The fraction of sp³-hybridized carbons (Fsp3) is 0.692. The van der Waals surface area contributed by atoms with E-state index in [1.165, 1.54) is 0 Å². The highest BCUT2D eigenvalue weighted by molar-refractivity contribution is 4.98. The third kappa shape index (κ3) is 3.99. The normalized spacial score (nSPS) is 14.4. The largest absolute Gasteiger partial charge is 0.468 e. The highest BCUT2D eigenvalue weighted by atomic mass is 16.3. The molecule has 1 atom stereocenters. The maximum Gasteiger partial charge on any atom is 0.117 e. The van der Waals surface area contributed by atoms with Crippen LogP contribution >= 0.6 is 0 Å². The first kappa shape index (κ1) is 13.3. The van der Waals surface area contributed by atoms with Gasteiger partial charge in [-0.3, -0.25) is 4.90 Å². The Labute approximate surface area is 98.6 Å². The summed E-state index contributed by atoms with van der Waals surface area (Å²) in [4.78, 5) is 2.31. The van der Waals surface area contributed by atoms with Crippen molar-refractivity contribution in [3.8, 4) is 0 Å². The monoisotopic (exact) mass is 224 g/mol. The number of likely N-dealkylation sites (N-methyl/N-ethyl adjacent to an activating group) is 1. The maximum atomic E-state index is 6.18. The lowest BCUT2D eigenvalue weighted by atomic mass is 9.87. The van der Waals surface area contributed by atoms with E-state index in [0.717, 1.165) is 25.4 Å². The minimum Gasteiger partial charge on any atom is -0.468 e. The van der Waals surface area contributed by atoms with Gasteiger partial charge in [0.1, 0.15) is 5.76 Å². The summed E-state index contributed by atoms with van der Waals surface area (Å²) in [6.45, 7) is 11.4. The average Bonchev–Trinajstić information content (AvgIpc) is 2.67. The number of hydrogen-bond acceptors (Lipinski definition) is 3. The van der Waals surface area contributed by atoms with E-state index in [9.17, 15) is 0 Å². The highest BCUT2D eigenvalue weighted by Gasteiger charge is 2.22. The molecule has 1 aromatic heterocycles. The van der Waals surface area contributed by atoms with Gasteiger partial charge >= 0.3 is 0 Å². The van der Waals surface area contributed by atoms with Gasteiger partial charge in [-0.25, -0.2) is 0 Å². The third-order valence-electron chi connectivity index (χ3n) is 2.97. The fourth-order valence-electron chi connectivity index (χ4n) is 1.48. The van der Waals surface area contributed by atoms with Gasteiger partial charge in [-0.15, -0.1) is 0 Å². The van der Waals surface area contributed by atoms with Crippen LogP contribution in [0.25, 0.3) is 0 Å². The predicted octanol–water partition coefficient (Wildman–Crippen LogP) is 2.47. The van der Waals surface area contributed by atoms with Crippen molar-refractivity contribution >= 4 is 0 Å². The number of rotatable bonds is 5. The quantitative estimate of drug-likeness (QED) is 0.835. The molecule has 1 heterocycles. The average molecular weight is 224 g/mol. The number of furan rings is 1. The van der Waals surface area contributed by atoms with Crippen molar-refractivity contribution in [2.75, 3.05) is 13.1 Å². The predicted molar refractivity (Wildman–Crippen MR) is 67.1 cm³/mol. The highest BCUT2D eigenvalue weighted by Crippen LogP contribution is 2.18. The van der Waals surface area contributed by atoms with Crippen LogP contribution in [0.5, 0.6) is 0 Å². The summed E-state index contributed by atoms with van der Waals surface area (Å²) in [5, 5.41) is 0. The molecule has 1 rings (SSSR count). The summed E-state index contributed by atoms with van der Waals surface area (Å²) in [6.07, 6.45) is 1.72. The Morgan fingerprint density at radius 1 is 1.44 bits per heavy atom. The van der Waals surface area contributed by atoms with Crippen molar-refractivity contribution in [1.82, 2.24) is 4.90 Å². The van der Waals surface area contributed by atoms with Crippen LogP contribution in [0.15, 0.2) is 22.8 Å². The van der Waals surface area contributed by atoms with E-state index < -0.39 is 0 Å². The fourth-order valence-corrected chi connectivity index (χ4v) is 1.48. The molecule has 0 spiro atoms. The SMILES string of the molecule is CCN(Cc1ccco1)CC(N)C(C)(C)C. The molecule has 0 fully saturated rings. The molecule has 0 saturated heterocycles. The first-order valence-electron chi connectivity index (χ1n) is 5.93. The van der Waals surface area contributed by atoms with Gasteiger partial charge < -0.3 is 10.2 Å². The number of hydrogen-bond donors (Lipinski definition) is 1. The number of nitrogens with zero attached hydrogens (tertiary/aromatic N) is 1. The van der Waals surface area contributed by atoms with Crippen molar-refractivity contribution in [3.63, 3.8) is 0 Å². The Morgan fingerprint density at radius 3 is 2.56 bits per heavy atom. The summed E-state index contributed by atoms with van der Waals surface area (Å²) in [5.74, 6) is 1.00.